The van der Waals surface area contributed by atoms with Crippen LogP contribution in [-0.4, -0.2) is 38.8 Å². The summed E-state index contributed by atoms with van der Waals surface area (Å²) < 4.78 is 11.5. The van der Waals surface area contributed by atoms with Gasteiger partial charge in [-0.2, -0.15) is 4.68 Å². The minimum absolute atomic E-state index is 0.184. The van der Waals surface area contributed by atoms with E-state index in [0.29, 0.717) is 19.7 Å². The maximum Gasteiger partial charge on any atom is 0.438 e. The summed E-state index contributed by atoms with van der Waals surface area (Å²) in [6, 6.07) is 13.0. The number of carbonyl (C=O) groups is 1. The van der Waals surface area contributed by atoms with Crippen molar-refractivity contribution in [3.8, 4) is 11.5 Å². The lowest BCUT2D eigenvalue weighted by molar-refractivity contribution is -0.143. The molecule has 0 atom stereocenters. The summed E-state index contributed by atoms with van der Waals surface area (Å²) in [4.78, 5) is 30.0. The average Bonchev–Trinajstić information content (AvgIpc) is 3.08. The predicted octanol–water partition coefficient (Wildman–Crippen LogP) is 2.31. The van der Waals surface area contributed by atoms with Gasteiger partial charge in [0.25, 0.3) is 0 Å². The van der Waals surface area contributed by atoms with E-state index in [4.69, 9.17) is 9.15 Å². The molecule has 3 rings (SSSR count). The molecule has 0 radical (unpaired) electrons. The van der Waals surface area contributed by atoms with Crippen LogP contribution in [0.5, 0.6) is 0 Å². The quantitative estimate of drug-likeness (QED) is 0.525. The Morgan fingerprint density at radius 3 is 2.75 bits per heavy atom. The van der Waals surface area contributed by atoms with E-state index in [1.54, 1.807) is 19.3 Å². The van der Waals surface area contributed by atoms with Gasteiger partial charge in [0.2, 0.25) is 5.89 Å². The Kier molecular flexibility index (Phi) is 6.69. The molecule has 0 N–H and O–H groups in total. The molecular formula is C20H22N4O4. The first-order chi connectivity index (χ1) is 13.7. The number of hydrogen-bond acceptors (Lipinski definition) is 7. The number of hydrogen-bond donors (Lipinski definition) is 0. The summed E-state index contributed by atoms with van der Waals surface area (Å²) in [6.07, 6.45) is 3.66. The summed E-state index contributed by atoms with van der Waals surface area (Å²) in [7, 11) is 0. The first-order valence-corrected chi connectivity index (χ1v) is 9.06. The highest BCUT2D eigenvalue weighted by molar-refractivity contribution is 5.69. The molecule has 8 heteroatoms. The van der Waals surface area contributed by atoms with Crippen molar-refractivity contribution in [2.45, 2.75) is 26.6 Å². The van der Waals surface area contributed by atoms with Crippen molar-refractivity contribution in [1.29, 1.82) is 0 Å². The molecule has 28 heavy (non-hydrogen) atoms. The Balaban J connectivity index is 1.75. The van der Waals surface area contributed by atoms with E-state index >= 15 is 0 Å². The highest BCUT2D eigenvalue weighted by atomic mass is 16.5. The molecule has 146 valence electrons. The zero-order valence-corrected chi connectivity index (χ0v) is 15.7. The summed E-state index contributed by atoms with van der Waals surface area (Å²) in [5.41, 5.74) is 1.69. The zero-order valence-electron chi connectivity index (χ0n) is 15.7. The lowest BCUT2D eigenvalue weighted by atomic mass is 10.2. The second-order valence-corrected chi connectivity index (χ2v) is 6.15. The predicted molar refractivity (Wildman–Crippen MR) is 102 cm³/mol. The van der Waals surface area contributed by atoms with E-state index in [-0.39, 0.29) is 24.9 Å². The van der Waals surface area contributed by atoms with Gasteiger partial charge in [0, 0.05) is 31.0 Å². The van der Waals surface area contributed by atoms with Crippen LogP contribution in [0.2, 0.25) is 0 Å². The zero-order chi connectivity index (χ0) is 19.8. The minimum atomic E-state index is -0.550. The lowest BCUT2D eigenvalue weighted by Gasteiger charge is -2.21. The first kappa shape index (κ1) is 19.5. The molecule has 0 saturated heterocycles. The number of rotatable bonds is 9. The van der Waals surface area contributed by atoms with Crippen LogP contribution in [0.4, 0.5) is 0 Å². The third-order valence-electron chi connectivity index (χ3n) is 4.03. The van der Waals surface area contributed by atoms with Gasteiger partial charge in [0.15, 0.2) is 0 Å². The highest BCUT2D eigenvalue weighted by Gasteiger charge is 2.15. The SMILES string of the molecule is CCOC(=O)CCN(Cc1cccnc1)Cn1nc(-c2ccccc2)oc1=O. The van der Waals surface area contributed by atoms with Gasteiger partial charge in [-0.05, 0) is 30.7 Å². The Labute approximate surface area is 162 Å². The maximum absolute atomic E-state index is 12.2. The molecule has 0 aliphatic rings. The van der Waals surface area contributed by atoms with Gasteiger partial charge in [-0.15, -0.1) is 5.10 Å². The molecule has 0 bridgehead atoms. The van der Waals surface area contributed by atoms with Crippen LogP contribution in [0.25, 0.3) is 11.5 Å². The Hall–Kier alpha value is -3.26. The second-order valence-electron chi connectivity index (χ2n) is 6.15. The van der Waals surface area contributed by atoms with Crippen LogP contribution in [0.1, 0.15) is 18.9 Å². The molecule has 0 aliphatic carbocycles. The summed E-state index contributed by atoms with van der Waals surface area (Å²) in [5.74, 6) is -0.570. The number of benzene rings is 1. The van der Waals surface area contributed by atoms with Crippen LogP contribution in [-0.2, 0) is 22.7 Å². The Bertz CT molecular complexity index is 938. The Morgan fingerprint density at radius 2 is 2.04 bits per heavy atom. The van der Waals surface area contributed by atoms with Crippen molar-refractivity contribution in [3.05, 3.63) is 71.0 Å². The van der Waals surface area contributed by atoms with Gasteiger partial charge < -0.3 is 9.15 Å². The number of carbonyl (C=O) groups excluding carboxylic acids is 1. The molecule has 0 spiro atoms. The molecule has 8 nitrogen and oxygen atoms in total. The molecule has 3 aromatic rings. The third kappa shape index (κ3) is 5.37. The number of esters is 1. The molecular weight excluding hydrogens is 360 g/mol. The van der Waals surface area contributed by atoms with Gasteiger partial charge in [-0.1, -0.05) is 24.3 Å². The number of pyridine rings is 1. The molecule has 0 aliphatic heterocycles. The molecule has 1 aromatic carbocycles. The fraction of sp³-hybridized carbons (Fsp3) is 0.300. The van der Waals surface area contributed by atoms with Gasteiger partial charge in [-0.25, -0.2) is 4.79 Å². The minimum Gasteiger partial charge on any atom is -0.466 e. The van der Waals surface area contributed by atoms with Crippen LogP contribution in [0, 0.1) is 0 Å². The molecule has 0 amide bonds. The first-order valence-electron chi connectivity index (χ1n) is 9.06. The van der Waals surface area contributed by atoms with E-state index < -0.39 is 5.76 Å². The van der Waals surface area contributed by atoms with Crippen molar-refractivity contribution in [1.82, 2.24) is 19.7 Å². The van der Waals surface area contributed by atoms with E-state index in [9.17, 15) is 9.59 Å². The topological polar surface area (TPSA) is 90.5 Å². The van der Waals surface area contributed by atoms with E-state index in [1.165, 1.54) is 4.68 Å². The maximum atomic E-state index is 12.2. The van der Waals surface area contributed by atoms with Crippen LogP contribution in [0.3, 0.4) is 0 Å². The van der Waals surface area contributed by atoms with E-state index in [2.05, 4.69) is 10.1 Å². The third-order valence-corrected chi connectivity index (χ3v) is 4.03. The fourth-order valence-corrected chi connectivity index (χ4v) is 2.71. The van der Waals surface area contributed by atoms with Crippen molar-refractivity contribution in [2.75, 3.05) is 13.2 Å². The van der Waals surface area contributed by atoms with Crippen molar-refractivity contribution >= 4 is 5.97 Å². The number of nitrogens with zero attached hydrogens (tertiary/aromatic N) is 4. The number of aromatic nitrogens is 3. The molecule has 0 saturated carbocycles. The van der Waals surface area contributed by atoms with E-state index in [1.807, 2.05) is 47.4 Å². The fourth-order valence-electron chi connectivity index (χ4n) is 2.71. The summed E-state index contributed by atoms with van der Waals surface area (Å²) in [6.45, 7) is 3.21. The molecule has 2 aromatic heterocycles. The van der Waals surface area contributed by atoms with Crippen LogP contribution in [0.15, 0.2) is 64.1 Å². The van der Waals surface area contributed by atoms with Crippen LogP contribution < -0.4 is 5.76 Å². The summed E-state index contributed by atoms with van der Waals surface area (Å²) in [5, 5.41) is 4.29. The lowest BCUT2D eigenvalue weighted by Crippen LogP contribution is -2.33. The second kappa shape index (κ2) is 9.61. The largest absolute Gasteiger partial charge is 0.466 e. The average molecular weight is 382 g/mol. The van der Waals surface area contributed by atoms with Gasteiger partial charge in [-0.3, -0.25) is 14.7 Å². The molecule has 2 heterocycles. The van der Waals surface area contributed by atoms with Gasteiger partial charge in [0.1, 0.15) is 6.67 Å². The summed E-state index contributed by atoms with van der Waals surface area (Å²) >= 11 is 0. The number of ether oxygens (including phenoxy) is 1. The van der Waals surface area contributed by atoms with Crippen LogP contribution >= 0.6 is 0 Å². The highest BCUT2D eigenvalue weighted by Crippen LogP contribution is 2.14. The monoisotopic (exact) mass is 382 g/mol. The standard InChI is InChI=1S/C20H22N4O4/c1-2-27-18(25)10-12-23(14-16-7-6-11-21-13-16)15-24-20(26)28-19(22-24)17-8-4-3-5-9-17/h3-9,11,13H,2,10,12,14-15H2,1H3. The van der Waals surface area contributed by atoms with Gasteiger partial charge in [0.05, 0.1) is 13.0 Å². The van der Waals surface area contributed by atoms with Crippen molar-refractivity contribution in [3.63, 3.8) is 0 Å². The van der Waals surface area contributed by atoms with Crippen molar-refractivity contribution < 1.29 is 13.9 Å². The molecule has 0 fully saturated rings. The van der Waals surface area contributed by atoms with Gasteiger partial charge >= 0.3 is 11.7 Å². The van der Waals surface area contributed by atoms with E-state index in [0.717, 1.165) is 11.1 Å². The normalized spacial score (nSPS) is 10.9. The smallest absolute Gasteiger partial charge is 0.438 e. The van der Waals surface area contributed by atoms with Crippen molar-refractivity contribution in [2.24, 2.45) is 0 Å². The molecule has 0 unspecified atom stereocenters. The Morgan fingerprint density at radius 1 is 1.21 bits per heavy atom.